The minimum Gasteiger partial charge on any atom is -0.325 e. The number of benzene rings is 8. The van der Waals surface area contributed by atoms with E-state index in [1.807, 2.05) is 97.1 Å². The van der Waals surface area contributed by atoms with Crippen molar-refractivity contribution in [2.24, 2.45) is 22.0 Å². The fourth-order valence-corrected chi connectivity index (χ4v) is 11.0. The maximum Gasteiger partial charge on any atom is 0.277 e. The average molecular weight is 1230 g/mol. The normalized spacial score (nSPS) is 15.2. The van der Waals surface area contributed by atoms with Crippen LogP contribution in [-0.2, 0) is 37.4 Å². The number of carbonyl (C=O) groups is 4. The van der Waals surface area contributed by atoms with Crippen LogP contribution in [0.15, 0.2) is 239 Å². The van der Waals surface area contributed by atoms with Gasteiger partial charge in [0, 0.05) is 58.3 Å². The standard InChI is InChI=1S/C71H54BrF4N7O4/c1-44-64(68(86)82(80-44)58-33-31-51(62(40-58)53-22-15-35-77-43-53)36-60(47-16-7-4-8-17-47)48-18-9-5-10-19-48)67(85)79-57-26-14-24-55(39-57)71(75,76)42-46-27-29-50(30-28-46)61(49-20-11-6-12-21-49)37-52-32-34-59(41-63(52)72)83-69(87)65(45(2)81-83)66(84)78-56-25-13-23-54(38-56)70(3,73)74/h4-41,43,64-65H,42H2,1-3H3,(H,78,84)(H,79,85)/b61-37+. The summed E-state index contributed by atoms with van der Waals surface area (Å²) in [6.45, 7) is 3.89. The number of pyridine rings is 1. The fraction of sp³-hybridized carbons (Fsp3) is 0.113. The molecule has 2 aliphatic rings. The van der Waals surface area contributed by atoms with Gasteiger partial charge >= 0.3 is 0 Å². The van der Waals surface area contributed by atoms with Crippen LogP contribution in [0, 0.1) is 11.8 Å². The number of hydrogen-bond donors (Lipinski definition) is 2. The maximum absolute atomic E-state index is 16.4. The van der Waals surface area contributed by atoms with Crippen molar-refractivity contribution in [2.75, 3.05) is 20.7 Å². The molecule has 87 heavy (non-hydrogen) atoms. The molecule has 16 heteroatoms. The molecule has 0 radical (unpaired) electrons. The lowest BCUT2D eigenvalue weighted by atomic mass is 9.92. The first kappa shape index (κ1) is 58.6. The molecule has 0 saturated carbocycles. The summed E-state index contributed by atoms with van der Waals surface area (Å²) in [5.74, 6) is -11.8. The molecule has 8 aromatic carbocycles. The smallest absolute Gasteiger partial charge is 0.277 e. The monoisotopic (exact) mass is 1220 g/mol. The predicted molar refractivity (Wildman–Crippen MR) is 339 cm³/mol. The molecule has 3 heterocycles. The summed E-state index contributed by atoms with van der Waals surface area (Å²) in [5, 5.41) is 16.6. The third kappa shape index (κ3) is 12.9. The molecule has 1 aromatic heterocycles. The highest BCUT2D eigenvalue weighted by Gasteiger charge is 2.42. The van der Waals surface area contributed by atoms with Gasteiger partial charge in [0.25, 0.3) is 23.7 Å². The number of hydrazone groups is 2. The SMILES string of the molecule is CC1=NN(c2ccc(/C=C(\c3ccccc3)c3ccc(CC(F)(F)c4cccc(NC(=O)C5C(=O)N(c6ccc(C=C(c7ccccc7)c7ccccc7)c(-c7cccnc7)c6)N=C5C)c4)cc3)c(Br)c2)C(=O)C1C(=O)Nc1cccc(C(C)(F)F)c1. The topological polar surface area (TPSA) is 136 Å². The molecule has 9 aromatic rings. The Hall–Kier alpha value is -10.2. The summed E-state index contributed by atoms with van der Waals surface area (Å²) in [6, 6.07) is 61.5. The van der Waals surface area contributed by atoms with Crippen molar-refractivity contribution in [2.45, 2.75) is 39.0 Å². The van der Waals surface area contributed by atoms with Gasteiger partial charge in [-0.2, -0.15) is 20.2 Å². The third-order valence-corrected chi connectivity index (χ3v) is 15.7. The van der Waals surface area contributed by atoms with E-state index in [9.17, 15) is 28.0 Å². The van der Waals surface area contributed by atoms with E-state index in [1.165, 1.54) is 47.5 Å². The molecule has 432 valence electrons. The minimum atomic E-state index is -3.38. The van der Waals surface area contributed by atoms with Crippen molar-refractivity contribution in [1.29, 1.82) is 0 Å². The number of rotatable bonds is 17. The van der Waals surface area contributed by atoms with E-state index < -0.39 is 53.7 Å². The van der Waals surface area contributed by atoms with Crippen LogP contribution >= 0.6 is 15.9 Å². The maximum atomic E-state index is 16.4. The summed E-state index contributed by atoms with van der Waals surface area (Å²) in [4.78, 5) is 59.7. The third-order valence-electron chi connectivity index (χ3n) is 15.0. The van der Waals surface area contributed by atoms with E-state index in [2.05, 4.69) is 72.1 Å². The van der Waals surface area contributed by atoms with Gasteiger partial charge in [-0.3, -0.25) is 24.2 Å². The lowest BCUT2D eigenvalue weighted by molar-refractivity contribution is -0.129. The van der Waals surface area contributed by atoms with Crippen molar-refractivity contribution in [3.63, 3.8) is 0 Å². The first-order chi connectivity index (χ1) is 41.9. The predicted octanol–water partition coefficient (Wildman–Crippen LogP) is 16.1. The Kier molecular flexibility index (Phi) is 16.7. The van der Waals surface area contributed by atoms with Crippen molar-refractivity contribution in [3.05, 3.63) is 279 Å². The summed E-state index contributed by atoms with van der Waals surface area (Å²) < 4.78 is 61.4. The number of anilines is 4. The van der Waals surface area contributed by atoms with Gasteiger partial charge in [-0.25, -0.2) is 17.6 Å². The van der Waals surface area contributed by atoms with Crippen LogP contribution in [0.25, 0.3) is 34.4 Å². The molecule has 11 rings (SSSR count). The van der Waals surface area contributed by atoms with Crippen molar-refractivity contribution in [3.8, 4) is 11.1 Å². The second-order valence-electron chi connectivity index (χ2n) is 21.2. The molecule has 4 amide bonds. The Morgan fingerprint density at radius 2 is 1.01 bits per heavy atom. The van der Waals surface area contributed by atoms with E-state index in [4.69, 9.17) is 0 Å². The zero-order valence-corrected chi connectivity index (χ0v) is 48.7. The summed E-state index contributed by atoms with van der Waals surface area (Å²) in [5.41, 5.74) is 9.65. The van der Waals surface area contributed by atoms with Crippen LogP contribution in [0.2, 0.25) is 0 Å². The highest BCUT2D eigenvalue weighted by molar-refractivity contribution is 9.10. The molecule has 2 atom stereocenters. The largest absolute Gasteiger partial charge is 0.325 e. The molecule has 0 saturated heterocycles. The average Bonchev–Trinajstić information content (AvgIpc) is 2.83. The number of alkyl halides is 4. The zero-order valence-electron chi connectivity index (χ0n) is 47.1. The van der Waals surface area contributed by atoms with E-state index >= 15 is 8.78 Å². The van der Waals surface area contributed by atoms with Gasteiger partial charge in [-0.1, -0.05) is 174 Å². The van der Waals surface area contributed by atoms with Gasteiger partial charge in [-0.15, -0.1) is 0 Å². The van der Waals surface area contributed by atoms with Gasteiger partial charge in [0.05, 0.1) is 22.8 Å². The highest BCUT2D eigenvalue weighted by Crippen LogP contribution is 2.39. The van der Waals surface area contributed by atoms with Gasteiger partial charge < -0.3 is 10.6 Å². The van der Waals surface area contributed by atoms with Crippen molar-refractivity contribution in [1.82, 2.24) is 4.98 Å². The van der Waals surface area contributed by atoms with Gasteiger partial charge in [0.15, 0.2) is 11.8 Å². The second-order valence-corrected chi connectivity index (χ2v) is 22.0. The molecule has 0 aliphatic carbocycles. The van der Waals surface area contributed by atoms with Crippen molar-refractivity contribution >= 4 is 97.0 Å². The molecular formula is C71H54BrF4N7O4. The number of nitrogens with one attached hydrogen (secondary N) is 2. The van der Waals surface area contributed by atoms with Crippen LogP contribution in [0.4, 0.5) is 40.3 Å². The Balaban J connectivity index is 0.772. The van der Waals surface area contributed by atoms with Crippen LogP contribution in [0.3, 0.4) is 0 Å². The summed E-state index contributed by atoms with van der Waals surface area (Å²) in [7, 11) is 0. The molecule has 0 fully saturated rings. The summed E-state index contributed by atoms with van der Waals surface area (Å²) >= 11 is 3.66. The number of aromatic nitrogens is 1. The minimum absolute atomic E-state index is 0.0837. The van der Waals surface area contributed by atoms with E-state index in [0.717, 1.165) is 68.1 Å². The lowest BCUT2D eigenvalue weighted by Gasteiger charge is -2.19. The second kappa shape index (κ2) is 24.8. The summed E-state index contributed by atoms with van der Waals surface area (Å²) in [6.07, 6.45) is 6.78. The number of amides is 4. The van der Waals surface area contributed by atoms with Gasteiger partial charge in [-0.05, 0) is 136 Å². The molecule has 11 nitrogen and oxygen atoms in total. The van der Waals surface area contributed by atoms with Gasteiger partial charge in [0.1, 0.15) is 0 Å². The number of hydrogen-bond acceptors (Lipinski definition) is 7. The van der Waals surface area contributed by atoms with Crippen LogP contribution < -0.4 is 20.7 Å². The van der Waals surface area contributed by atoms with E-state index in [1.54, 1.807) is 74.8 Å². The molecule has 0 bridgehead atoms. The van der Waals surface area contributed by atoms with Crippen LogP contribution in [-0.4, -0.2) is 40.0 Å². The number of nitrogens with zero attached hydrogens (tertiary/aromatic N) is 5. The Morgan fingerprint density at radius 1 is 0.540 bits per heavy atom. The first-order valence-corrected chi connectivity index (χ1v) is 28.6. The number of carbonyl (C=O) groups excluding carboxylic acids is 4. The first-order valence-electron chi connectivity index (χ1n) is 27.8. The number of halogens is 5. The molecule has 0 spiro atoms. The Bertz CT molecular complexity index is 4190. The lowest BCUT2D eigenvalue weighted by Crippen LogP contribution is -2.36. The van der Waals surface area contributed by atoms with Crippen LogP contribution in [0.1, 0.15) is 70.8 Å². The van der Waals surface area contributed by atoms with Crippen LogP contribution in [0.5, 0.6) is 0 Å². The zero-order chi connectivity index (χ0) is 61.0. The molecular weight excluding hydrogens is 1170 g/mol. The van der Waals surface area contributed by atoms with E-state index in [0.29, 0.717) is 27.0 Å². The highest BCUT2D eigenvalue weighted by atomic mass is 79.9. The quantitative estimate of drug-likeness (QED) is 0.0531. The fourth-order valence-electron chi connectivity index (χ4n) is 10.6. The Morgan fingerprint density at radius 3 is 1.51 bits per heavy atom. The Labute approximate surface area is 508 Å². The van der Waals surface area contributed by atoms with E-state index in [-0.39, 0.29) is 33.9 Å². The molecule has 2 N–H and O–H groups in total. The van der Waals surface area contributed by atoms with Gasteiger partial charge in [0.2, 0.25) is 11.8 Å². The molecule has 2 unspecified atom stereocenters. The van der Waals surface area contributed by atoms with Crippen molar-refractivity contribution < 1.29 is 36.7 Å². The molecule has 2 aliphatic heterocycles.